The normalized spacial score (nSPS) is 14.0. The quantitative estimate of drug-likeness (QED) is 0.502. The van der Waals surface area contributed by atoms with Crippen molar-refractivity contribution in [3.05, 3.63) is 72.8 Å². The zero-order valence-corrected chi connectivity index (χ0v) is 17.4. The smallest absolute Gasteiger partial charge is 0.303 e. The molecule has 0 fully saturated rings. The van der Waals surface area contributed by atoms with E-state index in [1.54, 1.807) is 19.1 Å². The van der Waals surface area contributed by atoms with E-state index in [4.69, 9.17) is 4.74 Å². The Morgan fingerprint density at radius 3 is 1.61 bits per heavy atom. The van der Waals surface area contributed by atoms with E-state index < -0.39 is 35.8 Å². The Hall–Kier alpha value is -2.45. The lowest BCUT2D eigenvalue weighted by atomic mass is 10.2. The lowest BCUT2D eigenvalue weighted by molar-refractivity contribution is -0.144. The second kappa shape index (κ2) is 8.28. The van der Waals surface area contributed by atoms with Gasteiger partial charge in [0.2, 0.25) is 23.8 Å². The summed E-state index contributed by atoms with van der Waals surface area (Å²) in [4.78, 5) is 11.3. The average molecular weight is 423 g/mol. The molecule has 0 radical (unpaired) electrons. The van der Waals surface area contributed by atoms with Gasteiger partial charge < -0.3 is 4.74 Å². The molecule has 0 N–H and O–H groups in total. The molecule has 2 aromatic rings. The summed E-state index contributed by atoms with van der Waals surface area (Å²) in [5.74, 6) is -0.791. The maximum Gasteiger partial charge on any atom is 0.303 e. The number of esters is 1. The van der Waals surface area contributed by atoms with Crippen molar-refractivity contribution in [2.45, 2.75) is 40.7 Å². The van der Waals surface area contributed by atoms with Crippen LogP contribution in [0, 0.1) is 0 Å². The van der Waals surface area contributed by atoms with Gasteiger partial charge >= 0.3 is 5.97 Å². The molecule has 0 saturated carbocycles. The van der Waals surface area contributed by atoms with Gasteiger partial charge in [0, 0.05) is 6.92 Å². The van der Waals surface area contributed by atoms with Gasteiger partial charge in [0.05, 0.1) is 9.79 Å². The minimum Gasteiger partial charge on any atom is -0.455 e. The minimum absolute atomic E-state index is 0.182. The highest BCUT2D eigenvalue weighted by molar-refractivity contribution is 8.10. The van der Waals surface area contributed by atoms with Crippen LogP contribution < -0.4 is 0 Å². The Morgan fingerprint density at radius 1 is 0.893 bits per heavy atom. The Balaban J connectivity index is 2.88. The molecule has 8 heteroatoms. The minimum atomic E-state index is -4.49. The number of sulfone groups is 2. The molecule has 0 aromatic heterocycles. The molecule has 0 aliphatic heterocycles. The van der Waals surface area contributed by atoms with Crippen molar-refractivity contribution >= 4 is 25.6 Å². The van der Waals surface area contributed by atoms with Crippen molar-refractivity contribution in [1.82, 2.24) is 0 Å². The summed E-state index contributed by atoms with van der Waals surface area (Å²) in [7, 11) is -8.98. The molecule has 0 aliphatic carbocycles. The van der Waals surface area contributed by atoms with Gasteiger partial charge in [-0.15, -0.1) is 0 Å². The van der Waals surface area contributed by atoms with Crippen molar-refractivity contribution in [3.8, 4) is 0 Å². The fourth-order valence-corrected chi connectivity index (χ4v) is 7.36. The van der Waals surface area contributed by atoms with E-state index >= 15 is 0 Å². The van der Waals surface area contributed by atoms with Crippen molar-refractivity contribution in [1.29, 1.82) is 0 Å². The van der Waals surface area contributed by atoms with E-state index in [1.165, 1.54) is 60.7 Å². The second-order valence-electron chi connectivity index (χ2n) is 6.20. The van der Waals surface area contributed by atoms with Crippen LogP contribution >= 0.6 is 0 Å². The number of hydrogen-bond donors (Lipinski definition) is 0. The van der Waals surface area contributed by atoms with Crippen LogP contribution in [0.25, 0.3) is 0 Å². The van der Waals surface area contributed by atoms with Crippen molar-refractivity contribution in [2.75, 3.05) is 0 Å². The largest absolute Gasteiger partial charge is 0.455 e. The maximum atomic E-state index is 13.6. The average Bonchev–Trinajstić information content (AvgIpc) is 2.67. The molecule has 0 aliphatic rings. The number of hydrogen-bond acceptors (Lipinski definition) is 6. The molecule has 6 nitrogen and oxygen atoms in total. The van der Waals surface area contributed by atoms with Gasteiger partial charge in [-0.1, -0.05) is 42.5 Å². The van der Waals surface area contributed by atoms with Gasteiger partial charge in [0.25, 0.3) is 0 Å². The number of allylic oxidation sites excluding steroid dienone is 1. The van der Waals surface area contributed by atoms with E-state index in [0.717, 1.165) is 13.8 Å². The predicted octanol–water partition coefficient (Wildman–Crippen LogP) is 3.16. The molecule has 0 spiro atoms. The first kappa shape index (κ1) is 21.8. The third kappa shape index (κ3) is 3.74. The van der Waals surface area contributed by atoms with Gasteiger partial charge in [-0.25, -0.2) is 16.8 Å². The predicted molar refractivity (Wildman–Crippen MR) is 106 cm³/mol. The number of benzene rings is 2. The Kier molecular flexibility index (Phi) is 6.46. The molecule has 2 aromatic carbocycles. The van der Waals surface area contributed by atoms with Crippen LogP contribution in [0.1, 0.15) is 20.8 Å². The van der Waals surface area contributed by atoms with E-state index in [-0.39, 0.29) is 9.79 Å². The van der Waals surface area contributed by atoms with Crippen LogP contribution in [0.3, 0.4) is 0 Å². The fourth-order valence-electron chi connectivity index (χ4n) is 2.79. The molecular weight excluding hydrogens is 400 g/mol. The van der Waals surface area contributed by atoms with Crippen LogP contribution in [-0.2, 0) is 29.2 Å². The zero-order valence-electron chi connectivity index (χ0n) is 15.8. The van der Waals surface area contributed by atoms with Gasteiger partial charge in [-0.2, -0.15) is 0 Å². The summed E-state index contributed by atoms with van der Waals surface area (Å²) in [6.45, 7) is 3.76. The standard InChI is InChI=1S/C20H22O6S2/c1-4-11-19(26-16(2)21)20(3,27(22,23)17-12-7-5-8-13-17)28(24,25)18-14-9-6-10-15-18/h4-15,19H,1-3H3/b11-4+/t19-/m1/s1. The molecule has 0 saturated heterocycles. The first-order valence-electron chi connectivity index (χ1n) is 8.48. The second-order valence-corrected chi connectivity index (χ2v) is 11.1. The zero-order chi connectivity index (χ0) is 21.0. The molecule has 0 bridgehead atoms. The fraction of sp³-hybridized carbons (Fsp3) is 0.250. The van der Waals surface area contributed by atoms with Crippen LogP contribution in [0.5, 0.6) is 0 Å². The summed E-state index contributed by atoms with van der Waals surface area (Å²) in [5, 5.41) is 0. The van der Waals surface area contributed by atoms with E-state index in [9.17, 15) is 21.6 Å². The van der Waals surface area contributed by atoms with Crippen molar-refractivity contribution in [2.24, 2.45) is 0 Å². The topological polar surface area (TPSA) is 94.6 Å². The molecule has 150 valence electrons. The van der Waals surface area contributed by atoms with Crippen LogP contribution in [-0.4, -0.2) is 33.0 Å². The molecular formula is C20H22O6S2. The molecule has 0 amide bonds. The first-order valence-corrected chi connectivity index (χ1v) is 11.4. The Morgan fingerprint density at radius 2 is 1.29 bits per heavy atom. The third-order valence-electron chi connectivity index (χ3n) is 4.35. The first-order chi connectivity index (χ1) is 13.1. The van der Waals surface area contributed by atoms with Crippen molar-refractivity contribution < 1.29 is 26.4 Å². The van der Waals surface area contributed by atoms with Crippen LogP contribution in [0.15, 0.2) is 82.6 Å². The molecule has 28 heavy (non-hydrogen) atoms. The molecule has 0 unspecified atom stereocenters. The summed E-state index contributed by atoms with van der Waals surface area (Å²) < 4.78 is 57.0. The number of rotatable bonds is 7. The van der Waals surface area contributed by atoms with E-state index in [0.29, 0.717) is 0 Å². The van der Waals surface area contributed by atoms with Crippen LogP contribution in [0.2, 0.25) is 0 Å². The van der Waals surface area contributed by atoms with E-state index in [1.807, 2.05) is 0 Å². The van der Waals surface area contributed by atoms with Gasteiger partial charge in [-0.05, 0) is 44.2 Å². The lowest BCUT2D eigenvalue weighted by Crippen LogP contribution is -2.53. The number of carbonyl (C=O) groups is 1. The van der Waals surface area contributed by atoms with Gasteiger partial charge in [0.15, 0.2) is 6.10 Å². The highest BCUT2D eigenvalue weighted by Crippen LogP contribution is 2.40. The summed E-state index contributed by atoms with van der Waals surface area (Å²) >= 11 is 0. The SMILES string of the molecule is C/C=C/[C@@H](OC(C)=O)C(C)(S(=O)(=O)c1ccccc1)S(=O)(=O)c1ccccc1. The Bertz CT molecular complexity index is 987. The number of ether oxygens (including phenoxy) is 1. The van der Waals surface area contributed by atoms with Crippen LogP contribution in [0.4, 0.5) is 0 Å². The molecule has 1 atom stereocenters. The highest BCUT2D eigenvalue weighted by Gasteiger charge is 2.58. The molecule has 0 heterocycles. The van der Waals surface area contributed by atoms with E-state index in [2.05, 4.69) is 0 Å². The lowest BCUT2D eigenvalue weighted by Gasteiger charge is -2.34. The van der Waals surface area contributed by atoms with Gasteiger partial charge in [-0.3, -0.25) is 4.79 Å². The molecule has 2 rings (SSSR count). The number of carbonyl (C=O) groups excluding carboxylic acids is 1. The highest BCUT2D eigenvalue weighted by atomic mass is 32.3. The maximum absolute atomic E-state index is 13.6. The summed E-state index contributed by atoms with van der Waals surface area (Å²) in [5.41, 5.74) is 0. The Labute approximate surface area is 165 Å². The summed E-state index contributed by atoms with van der Waals surface area (Å²) in [6, 6.07) is 14.5. The van der Waals surface area contributed by atoms with Crippen molar-refractivity contribution in [3.63, 3.8) is 0 Å². The third-order valence-corrected chi connectivity index (χ3v) is 10.1. The van der Waals surface area contributed by atoms with Gasteiger partial charge in [0.1, 0.15) is 0 Å². The summed E-state index contributed by atoms with van der Waals surface area (Å²) in [6.07, 6.45) is 1.17. The monoisotopic (exact) mass is 422 g/mol.